The highest BCUT2D eigenvalue weighted by Crippen LogP contribution is 2.69. The third kappa shape index (κ3) is 6.51. The zero-order chi connectivity index (χ0) is 30.7. The minimum absolute atomic E-state index is 0.135. The molecule has 2 aromatic heterocycles. The van der Waals surface area contributed by atoms with Crippen molar-refractivity contribution < 1.29 is 4.39 Å². The summed E-state index contributed by atoms with van der Waals surface area (Å²) in [5.74, 6) is 1.14. The van der Waals surface area contributed by atoms with E-state index in [0.717, 1.165) is 67.3 Å². The number of aryl methyl sites for hydroxylation is 1. The number of halogens is 2. The zero-order valence-corrected chi connectivity index (χ0v) is 26.6. The van der Waals surface area contributed by atoms with E-state index in [1.54, 1.807) is 22.7 Å². The van der Waals surface area contributed by atoms with Crippen LogP contribution in [0.3, 0.4) is 0 Å². The van der Waals surface area contributed by atoms with Crippen LogP contribution in [0.4, 0.5) is 4.39 Å². The largest absolute Gasteiger partial charge is 0.354 e. The number of likely N-dealkylation sites (N-methyl/N-ethyl adjacent to an activating group) is 1. The molecule has 8 heteroatoms. The van der Waals surface area contributed by atoms with Gasteiger partial charge in [0.15, 0.2) is 0 Å². The SMILES string of the molecule is CCCC(F)CCC(C)CC.CCc1cc2c(Cl)cn(-c3cccc(C4(C(=N)N(C)C=N)CC5(CC5)C4)c3)c(=O)c2[nH]1. The highest BCUT2D eigenvalue weighted by atomic mass is 35.5. The van der Waals surface area contributed by atoms with Gasteiger partial charge in [-0.05, 0) is 86.5 Å². The van der Waals surface area contributed by atoms with Gasteiger partial charge < -0.3 is 9.88 Å². The molecule has 0 saturated heterocycles. The van der Waals surface area contributed by atoms with E-state index in [1.807, 2.05) is 44.2 Å². The summed E-state index contributed by atoms with van der Waals surface area (Å²) in [4.78, 5) is 18.0. The number of aromatic amines is 1. The fourth-order valence-electron chi connectivity index (χ4n) is 6.36. The maximum atomic E-state index is 13.2. The van der Waals surface area contributed by atoms with Gasteiger partial charge >= 0.3 is 0 Å². The predicted molar refractivity (Wildman–Crippen MR) is 174 cm³/mol. The summed E-state index contributed by atoms with van der Waals surface area (Å²) >= 11 is 6.53. The number of aromatic nitrogens is 2. The van der Waals surface area contributed by atoms with Crippen LogP contribution >= 0.6 is 11.6 Å². The van der Waals surface area contributed by atoms with Crippen LogP contribution in [0.15, 0.2) is 41.3 Å². The van der Waals surface area contributed by atoms with E-state index in [-0.39, 0.29) is 5.56 Å². The number of fused-ring (bicyclic) bond motifs is 1. The molecule has 2 aliphatic rings. The van der Waals surface area contributed by atoms with Crippen LogP contribution in [0.5, 0.6) is 0 Å². The van der Waals surface area contributed by atoms with E-state index >= 15 is 0 Å². The average molecular weight is 596 g/mol. The average Bonchev–Trinajstić information content (AvgIpc) is 3.65. The lowest BCUT2D eigenvalue weighted by atomic mass is 9.55. The minimum atomic E-state index is -0.547. The number of benzene rings is 1. The van der Waals surface area contributed by atoms with Gasteiger partial charge in [-0.1, -0.05) is 64.3 Å². The van der Waals surface area contributed by atoms with E-state index in [0.29, 0.717) is 27.7 Å². The van der Waals surface area contributed by atoms with E-state index in [9.17, 15) is 9.18 Å². The maximum absolute atomic E-state index is 13.2. The number of nitrogens with one attached hydrogen (secondary N) is 3. The lowest BCUT2D eigenvalue weighted by Crippen LogP contribution is -2.53. The molecule has 2 heterocycles. The molecule has 6 nitrogen and oxygen atoms in total. The van der Waals surface area contributed by atoms with E-state index in [4.69, 9.17) is 22.4 Å². The number of H-pyrrole nitrogens is 1. The van der Waals surface area contributed by atoms with Gasteiger partial charge in [-0.3, -0.25) is 20.2 Å². The van der Waals surface area contributed by atoms with Crippen molar-refractivity contribution >= 4 is 34.7 Å². The van der Waals surface area contributed by atoms with E-state index in [1.165, 1.54) is 25.6 Å². The predicted octanol–water partition coefficient (Wildman–Crippen LogP) is 8.81. The van der Waals surface area contributed by atoms with Crippen molar-refractivity contribution in [2.45, 2.75) is 103 Å². The van der Waals surface area contributed by atoms with Crippen LogP contribution < -0.4 is 5.56 Å². The van der Waals surface area contributed by atoms with Gasteiger partial charge in [-0.2, -0.15) is 0 Å². The second-order valence-corrected chi connectivity index (χ2v) is 13.0. The monoisotopic (exact) mass is 595 g/mol. The summed E-state index contributed by atoms with van der Waals surface area (Å²) in [7, 11) is 1.76. The zero-order valence-electron chi connectivity index (χ0n) is 25.8. The van der Waals surface area contributed by atoms with Gasteiger partial charge in [0.2, 0.25) is 0 Å². The number of nitrogens with zero attached hydrogens (tertiary/aromatic N) is 2. The lowest BCUT2D eigenvalue weighted by molar-refractivity contribution is 0.174. The van der Waals surface area contributed by atoms with Crippen LogP contribution in [0.25, 0.3) is 16.6 Å². The Hall–Kier alpha value is -2.93. The van der Waals surface area contributed by atoms with Crippen molar-refractivity contribution in [1.29, 1.82) is 10.8 Å². The molecule has 228 valence electrons. The fraction of sp³-hybridized carbons (Fsp3) is 0.559. The van der Waals surface area contributed by atoms with Crippen LogP contribution in [0.2, 0.25) is 5.02 Å². The summed E-state index contributed by atoms with van der Waals surface area (Å²) in [6, 6.07) is 9.83. The number of pyridine rings is 1. The standard InChI is InChI=1S/C24H26ClN5O.C10H21F/c1-3-16-10-18-19(25)11-30(21(31)20(18)28-16)17-6-4-5-15(9-17)24(22(27)29(2)14-26)12-23(13-24)7-8-23;1-4-6-10(11)8-7-9(3)5-2/h4-6,9-11,14,26-28H,3,7-8,12-13H2,1-2H3;9-10H,4-8H2,1-3H3. The molecule has 0 amide bonds. The summed E-state index contributed by atoms with van der Waals surface area (Å²) in [6.45, 7) is 8.43. The van der Waals surface area contributed by atoms with Crippen molar-refractivity contribution in [2.24, 2.45) is 11.3 Å². The molecule has 0 radical (unpaired) electrons. The number of amidine groups is 1. The first kappa shape index (κ1) is 32.0. The van der Waals surface area contributed by atoms with Gasteiger partial charge in [-0.25, -0.2) is 4.39 Å². The highest BCUT2D eigenvalue weighted by molar-refractivity contribution is 6.35. The molecule has 1 spiro atoms. The topological polar surface area (TPSA) is 88.7 Å². The molecule has 2 unspecified atom stereocenters. The maximum Gasteiger partial charge on any atom is 0.279 e. The number of hydrogen-bond acceptors (Lipinski definition) is 3. The van der Waals surface area contributed by atoms with Gasteiger partial charge in [0.05, 0.1) is 16.8 Å². The Morgan fingerprint density at radius 3 is 2.50 bits per heavy atom. The molecule has 2 aliphatic carbocycles. The van der Waals surface area contributed by atoms with Crippen LogP contribution in [-0.2, 0) is 11.8 Å². The summed E-state index contributed by atoms with van der Waals surface area (Å²) in [5, 5.41) is 17.7. The van der Waals surface area contributed by atoms with Gasteiger partial charge in [0.25, 0.3) is 5.56 Å². The molecule has 3 aromatic rings. The summed E-state index contributed by atoms with van der Waals surface area (Å²) < 4.78 is 14.5. The quantitative estimate of drug-likeness (QED) is 0.153. The molecule has 2 saturated carbocycles. The Balaban J connectivity index is 0.000000315. The van der Waals surface area contributed by atoms with Crippen molar-refractivity contribution in [2.75, 3.05) is 7.05 Å². The molecule has 3 N–H and O–H groups in total. The first-order chi connectivity index (χ1) is 20.0. The third-order valence-electron chi connectivity index (χ3n) is 9.45. The Labute approximate surface area is 254 Å². The van der Waals surface area contributed by atoms with Crippen molar-refractivity contribution in [3.05, 3.63) is 63.2 Å². The molecule has 2 fully saturated rings. The second-order valence-electron chi connectivity index (χ2n) is 12.6. The molecule has 0 aliphatic heterocycles. The Kier molecular flexibility index (Phi) is 10.0. The Morgan fingerprint density at radius 1 is 1.19 bits per heavy atom. The second kappa shape index (κ2) is 13.2. The minimum Gasteiger partial charge on any atom is -0.354 e. The first-order valence-corrected chi connectivity index (χ1v) is 15.9. The number of alkyl halides is 1. The molecule has 0 bridgehead atoms. The van der Waals surface area contributed by atoms with Crippen LogP contribution in [0, 0.1) is 22.2 Å². The third-order valence-corrected chi connectivity index (χ3v) is 9.75. The smallest absolute Gasteiger partial charge is 0.279 e. The molecule has 1 aromatic carbocycles. The molecule has 42 heavy (non-hydrogen) atoms. The van der Waals surface area contributed by atoms with E-state index < -0.39 is 11.6 Å². The highest BCUT2D eigenvalue weighted by Gasteiger charge is 2.63. The summed E-state index contributed by atoms with van der Waals surface area (Å²) in [5.41, 5.74) is 3.06. The number of hydrogen-bond donors (Lipinski definition) is 3. The van der Waals surface area contributed by atoms with Gasteiger partial charge in [-0.15, -0.1) is 0 Å². The fourth-order valence-corrected chi connectivity index (χ4v) is 6.61. The summed E-state index contributed by atoms with van der Waals surface area (Å²) in [6.07, 6.45) is 12.1. The Morgan fingerprint density at radius 2 is 1.90 bits per heavy atom. The van der Waals surface area contributed by atoms with Crippen LogP contribution in [0.1, 0.15) is 96.7 Å². The van der Waals surface area contributed by atoms with Gasteiger partial charge in [0, 0.05) is 30.0 Å². The molecule has 5 rings (SSSR count). The molecule has 2 atom stereocenters. The molecular formula is C34H47ClFN5O. The van der Waals surface area contributed by atoms with Crippen molar-refractivity contribution in [1.82, 2.24) is 14.5 Å². The Bertz CT molecular complexity index is 1460. The normalized spacial score (nSPS) is 17.6. The van der Waals surface area contributed by atoms with E-state index in [2.05, 4.69) is 18.8 Å². The van der Waals surface area contributed by atoms with Crippen LogP contribution in [-0.4, -0.2) is 39.8 Å². The number of rotatable bonds is 11. The first-order valence-electron chi connectivity index (χ1n) is 15.5. The lowest BCUT2D eigenvalue weighted by Gasteiger charge is -2.50. The van der Waals surface area contributed by atoms with Crippen molar-refractivity contribution in [3.8, 4) is 5.69 Å². The van der Waals surface area contributed by atoms with Gasteiger partial charge in [0.1, 0.15) is 17.5 Å². The molecular weight excluding hydrogens is 549 g/mol. The van der Waals surface area contributed by atoms with Crippen molar-refractivity contribution in [3.63, 3.8) is 0 Å².